The summed E-state index contributed by atoms with van der Waals surface area (Å²) < 4.78 is 32.2. The van der Waals surface area contributed by atoms with Crippen LogP contribution in [0.5, 0.6) is 5.75 Å². The lowest BCUT2D eigenvalue weighted by Crippen LogP contribution is -2.51. The van der Waals surface area contributed by atoms with Crippen molar-refractivity contribution in [3.05, 3.63) is 59.7 Å². The van der Waals surface area contributed by atoms with E-state index < -0.39 is 47.8 Å². The van der Waals surface area contributed by atoms with E-state index in [1.165, 1.54) is 4.90 Å². The SMILES string of the molecule is O=CCC(NC(=O)C1Cc2ccccc2N1C=O)C(=O)COc1c(F)cccc1F. The number of benzene rings is 2. The van der Waals surface area contributed by atoms with E-state index in [0.717, 1.165) is 23.8 Å². The number of ketones is 1. The molecule has 0 aliphatic carbocycles. The van der Waals surface area contributed by atoms with Crippen LogP contribution in [0.3, 0.4) is 0 Å². The van der Waals surface area contributed by atoms with E-state index in [1.807, 2.05) is 0 Å². The first-order valence-corrected chi connectivity index (χ1v) is 9.11. The molecular formula is C21H18F2N2O5. The number of amides is 2. The van der Waals surface area contributed by atoms with Crippen molar-refractivity contribution in [3.63, 3.8) is 0 Å². The van der Waals surface area contributed by atoms with Gasteiger partial charge in [0.05, 0.1) is 6.04 Å². The fourth-order valence-electron chi connectivity index (χ4n) is 3.26. The second-order valence-electron chi connectivity index (χ2n) is 6.63. The number of nitrogens with one attached hydrogen (secondary N) is 1. The van der Waals surface area contributed by atoms with E-state index in [1.54, 1.807) is 24.3 Å². The Balaban J connectivity index is 1.68. The van der Waals surface area contributed by atoms with E-state index in [4.69, 9.17) is 4.74 Å². The van der Waals surface area contributed by atoms with Crippen LogP contribution in [-0.4, -0.2) is 43.1 Å². The molecule has 0 spiro atoms. The summed E-state index contributed by atoms with van der Waals surface area (Å²) in [5.41, 5.74) is 1.38. The fraction of sp³-hybridized carbons (Fsp3) is 0.238. The quantitative estimate of drug-likeness (QED) is 0.627. The minimum atomic E-state index is -1.26. The first-order valence-electron chi connectivity index (χ1n) is 9.11. The summed E-state index contributed by atoms with van der Waals surface area (Å²) in [6.45, 7) is -0.751. The third-order valence-corrected chi connectivity index (χ3v) is 4.75. The third-order valence-electron chi connectivity index (χ3n) is 4.75. The Morgan fingerprint density at radius 2 is 1.83 bits per heavy atom. The van der Waals surface area contributed by atoms with Crippen LogP contribution in [0, 0.1) is 11.6 Å². The number of rotatable bonds is 9. The van der Waals surface area contributed by atoms with E-state index in [2.05, 4.69) is 5.32 Å². The van der Waals surface area contributed by atoms with Crippen molar-refractivity contribution in [1.82, 2.24) is 5.32 Å². The first-order chi connectivity index (χ1) is 14.5. The molecule has 0 aromatic heterocycles. The predicted octanol–water partition coefficient (Wildman–Crippen LogP) is 1.57. The summed E-state index contributed by atoms with van der Waals surface area (Å²) in [5, 5.41) is 2.44. The molecular weight excluding hydrogens is 398 g/mol. The molecule has 2 amide bonds. The van der Waals surface area contributed by atoms with Crippen molar-refractivity contribution in [2.75, 3.05) is 11.5 Å². The molecule has 7 nitrogen and oxygen atoms in total. The molecule has 9 heteroatoms. The van der Waals surface area contributed by atoms with Crippen LogP contribution in [0.25, 0.3) is 0 Å². The average molecular weight is 416 g/mol. The number of anilines is 1. The highest BCUT2D eigenvalue weighted by Crippen LogP contribution is 2.30. The van der Waals surface area contributed by atoms with Gasteiger partial charge in [-0.15, -0.1) is 0 Å². The zero-order chi connectivity index (χ0) is 21.7. The van der Waals surface area contributed by atoms with Crippen LogP contribution in [0.1, 0.15) is 12.0 Å². The molecule has 0 saturated carbocycles. The van der Waals surface area contributed by atoms with Crippen LogP contribution in [0.15, 0.2) is 42.5 Å². The lowest BCUT2D eigenvalue weighted by Gasteiger charge is -2.23. The summed E-state index contributed by atoms with van der Waals surface area (Å²) >= 11 is 0. The van der Waals surface area contributed by atoms with Gasteiger partial charge < -0.3 is 19.7 Å². The Kier molecular flexibility index (Phi) is 6.51. The normalized spacial score (nSPS) is 15.8. The van der Waals surface area contributed by atoms with Gasteiger partial charge in [-0.2, -0.15) is 0 Å². The van der Waals surface area contributed by atoms with Crippen LogP contribution >= 0.6 is 0 Å². The summed E-state index contributed by atoms with van der Waals surface area (Å²) in [5.74, 6) is -4.06. The number of carbonyl (C=O) groups is 4. The van der Waals surface area contributed by atoms with Gasteiger partial charge in [0.1, 0.15) is 18.9 Å². The molecule has 1 aliphatic heterocycles. The van der Waals surface area contributed by atoms with Gasteiger partial charge in [0, 0.05) is 18.5 Å². The smallest absolute Gasteiger partial charge is 0.244 e. The van der Waals surface area contributed by atoms with Crippen molar-refractivity contribution >= 4 is 30.1 Å². The minimum Gasteiger partial charge on any atom is -0.480 e. The standard InChI is InChI=1S/C21H18F2N2O5/c22-14-5-3-6-15(23)20(14)30-11-19(28)16(8-9-26)24-21(29)18-10-13-4-1-2-7-17(13)25(18)12-27/h1-7,9,12,16,18H,8,10-11H2,(H,24,29). The number of aldehydes is 1. The monoisotopic (exact) mass is 416 g/mol. The van der Waals surface area contributed by atoms with Crippen molar-refractivity contribution in [2.45, 2.75) is 24.9 Å². The first kappa shape index (κ1) is 21.1. The topological polar surface area (TPSA) is 92.8 Å². The maximum Gasteiger partial charge on any atom is 0.244 e. The number of halogens is 2. The summed E-state index contributed by atoms with van der Waals surface area (Å²) in [6, 6.07) is 7.93. The molecule has 156 valence electrons. The molecule has 0 bridgehead atoms. The maximum atomic E-state index is 13.6. The number of para-hydroxylation sites is 2. The molecule has 1 N–H and O–H groups in total. The highest BCUT2D eigenvalue weighted by Gasteiger charge is 2.36. The zero-order valence-electron chi connectivity index (χ0n) is 15.7. The van der Waals surface area contributed by atoms with Crippen molar-refractivity contribution in [2.24, 2.45) is 0 Å². The van der Waals surface area contributed by atoms with E-state index in [9.17, 15) is 28.0 Å². The molecule has 0 fully saturated rings. The van der Waals surface area contributed by atoms with Gasteiger partial charge in [-0.05, 0) is 23.8 Å². The van der Waals surface area contributed by atoms with Gasteiger partial charge in [-0.1, -0.05) is 24.3 Å². The van der Waals surface area contributed by atoms with Crippen molar-refractivity contribution < 1.29 is 32.7 Å². The molecule has 1 heterocycles. The van der Waals surface area contributed by atoms with Gasteiger partial charge in [-0.3, -0.25) is 14.4 Å². The number of carbonyl (C=O) groups excluding carboxylic acids is 4. The molecule has 1 aliphatic rings. The number of hydrogen-bond acceptors (Lipinski definition) is 5. The zero-order valence-corrected chi connectivity index (χ0v) is 15.7. The van der Waals surface area contributed by atoms with E-state index >= 15 is 0 Å². The van der Waals surface area contributed by atoms with Gasteiger partial charge in [-0.25, -0.2) is 8.78 Å². The van der Waals surface area contributed by atoms with Crippen LogP contribution in [0.4, 0.5) is 14.5 Å². The second-order valence-corrected chi connectivity index (χ2v) is 6.63. The highest BCUT2D eigenvalue weighted by molar-refractivity contribution is 5.98. The Morgan fingerprint density at radius 1 is 1.13 bits per heavy atom. The molecule has 0 saturated heterocycles. The number of ether oxygens (including phenoxy) is 1. The predicted molar refractivity (Wildman–Crippen MR) is 102 cm³/mol. The van der Waals surface area contributed by atoms with E-state index in [-0.39, 0.29) is 12.8 Å². The number of hydrogen-bond donors (Lipinski definition) is 1. The number of nitrogens with zero attached hydrogens (tertiary/aromatic N) is 1. The Labute approximate surface area is 170 Å². The van der Waals surface area contributed by atoms with Gasteiger partial charge in [0.2, 0.25) is 12.3 Å². The maximum absolute atomic E-state index is 13.6. The Morgan fingerprint density at radius 3 is 2.50 bits per heavy atom. The molecule has 0 radical (unpaired) electrons. The molecule has 2 aromatic carbocycles. The lowest BCUT2D eigenvalue weighted by atomic mass is 10.1. The molecule has 30 heavy (non-hydrogen) atoms. The van der Waals surface area contributed by atoms with Crippen molar-refractivity contribution in [3.8, 4) is 5.75 Å². The number of fused-ring (bicyclic) bond motifs is 1. The summed E-state index contributed by atoms with van der Waals surface area (Å²) in [7, 11) is 0. The van der Waals surface area contributed by atoms with Crippen LogP contribution in [-0.2, 0) is 25.6 Å². The molecule has 3 rings (SSSR count). The summed E-state index contributed by atoms with van der Waals surface area (Å²) in [6.07, 6.45) is 0.859. The van der Waals surface area contributed by atoms with Gasteiger partial charge >= 0.3 is 0 Å². The minimum absolute atomic E-state index is 0.250. The van der Waals surface area contributed by atoms with Crippen molar-refractivity contribution in [1.29, 1.82) is 0 Å². The largest absolute Gasteiger partial charge is 0.480 e. The Hall–Kier alpha value is -3.62. The highest BCUT2D eigenvalue weighted by atomic mass is 19.1. The second kappa shape index (κ2) is 9.25. The summed E-state index contributed by atoms with van der Waals surface area (Å²) in [4.78, 5) is 48.8. The molecule has 2 unspecified atom stereocenters. The number of Topliss-reactive ketones (excluding diaryl/α,β-unsaturated/α-hetero) is 1. The fourth-order valence-corrected chi connectivity index (χ4v) is 3.26. The molecule has 2 atom stereocenters. The van der Waals surface area contributed by atoms with E-state index in [0.29, 0.717) is 18.4 Å². The Bertz CT molecular complexity index is 961. The average Bonchev–Trinajstić information content (AvgIpc) is 3.11. The lowest BCUT2D eigenvalue weighted by molar-refractivity contribution is -0.130. The van der Waals surface area contributed by atoms with Crippen LogP contribution in [0.2, 0.25) is 0 Å². The van der Waals surface area contributed by atoms with Gasteiger partial charge in [0.25, 0.3) is 0 Å². The van der Waals surface area contributed by atoms with Crippen LogP contribution < -0.4 is 15.0 Å². The third kappa shape index (κ3) is 4.35. The van der Waals surface area contributed by atoms with Gasteiger partial charge in [0.15, 0.2) is 23.2 Å². The molecule has 2 aromatic rings.